The van der Waals surface area contributed by atoms with Crippen LogP contribution in [-0.4, -0.2) is 60.8 Å². The number of carbonyl (C=O) groups excluding carboxylic acids is 1. The first-order chi connectivity index (χ1) is 19.9. The molecule has 0 aromatic heterocycles. The lowest BCUT2D eigenvalue weighted by atomic mass is 9.79. The van der Waals surface area contributed by atoms with E-state index >= 15 is 0 Å². The van der Waals surface area contributed by atoms with E-state index in [1.54, 1.807) is 21.3 Å². The average molecular weight is 594 g/mol. The molecular formula is C34H46N2O5P+. The Bertz CT molecular complexity index is 1190. The van der Waals surface area contributed by atoms with Gasteiger partial charge in [0, 0.05) is 23.5 Å². The second-order valence-electron chi connectivity index (χ2n) is 12.3. The van der Waals surface area contributed by atoms with Gasteiger partial charge in [0.25, 0.3) is 0 Å². The molecule has 3 aromatic rings. The molecule has 3 aromatic carbocycles. The van der Waals surface area contributed by atoms with Crippen molar-refractivity contribution in [3.63, 3.8) is 0 Å². The van der Waals surface area contributed by atoms with Crippen molar-refractivity contribution in [3.8, 4) is 17.2 Å². The molecule has 1 saturated heterocycles. The van der Waals surface area contributed by atoms with Crippen LogP contribution in [0.3, 0.4) is 0 Å². The minimum atomic E-state index is -2.18. The second-order valence-corrected chi connectivity index (χ2v) is 16.0. The number of amides is 1. The SMILES string of the molecule is COc1ccc([P+](CCCC(=O)NC2CC(C)(C)N(O)C(C)(C)C2)(c2ccc(OC)cc2)c2ccc(OC)cc2)cc1. The van der Waals surface area contributed by atoms with Crippen molar-refractivity contribution in [3.05, 3.63) is 72.8 Å². The Morgan fingerprint density at radius 2 is 1.12 bits per heavy atom. The number of benzene rings is 3. The highest BCUT2D eigenvalue weighted by atomic mass is 31.2. The van der Waals surface area contributed by atoms with Crippen LogP contribution >= 0.6 is 7.26 Å². The minimum Gasteiger partial charge on any atom is -0.497 e. The highest BCUT2D eigenvalue weighted by Crippen LogP contribution is 2.56. The molecule has 1 heterocycles. The van der Waals surface area contributed by atoms with Crippen LogP contribution in [0.2, 0.25) is 0 Å². The Labute approximate surface area is 251 Å². The van der Waals surface area contributed by atoms with Gasteiger partial charge in [-0.05, 0) is 120 Å². The molecule has 1 aliphatic heterocycles. The minimum absolute atomic E-state index is 0.00946. The maximum absolute atomic E-state index is 13.3. The number of nitrogens with one attached hydrogen (secondary N) is 1. The molecular weight excluding hydrogens is 547 g/mol. The van der Waals surface area contributed by atoms with Gasteiger partial charge in [0.2, 0.25) is 5.91 Å². The van der Waals surface area contributed by atoms with Crippen molar-refractivity contribution in [2.45, 2.75) is 70.5 Å². The van der Waals surface area contributed by atoms with Crippen molar-refractivity contribution >= 4 is 29.1 Å². The average Bonchev–Trinajstić information content (AvgIpc) is 2.98. The first kappa shape index (κ1) is 31.8. The third-order valence-corrected chi connectivity index (χ3v) is 13.0. The van der Waals surface area contributed by atoms with Crippen LogP contribution in [0.25, 0.3) is 0 Å². The first-order valence-electron chi connectivity index (χ1n) is 14.6. The molecule has 1 amide bonds. The third-order valence-electron chi connectivity index (χ3n) is 8.44. The van der Waals surface area contributed by atoms with Crippen LogP contribution in [0, 0.1) is 0 Å². The van der Waals surface area contributed by atoms with Gasteiger partial charge in [-0.2, -0.15) is 5.06 Å². The molecule has 7 nitrogen and oxygen atoms in total. The third kappa shape index (κ3) is 6.75. The van der Waals surface area contributed by atoms with Gasteiger partial charge in [-0.3, -0.25) is 4.79 Å². The van der Waals surface area contributed by atoms with Crippen molar-refractivity contribution in [1.29, 1.82) is 0 Å². The van der Waals surface area contributed by atoms with Crippen molar-refractivity contribution in [2.24, 2.45) is 0 Å². The number of nitrogens with zero attached hydrogens (tertiary/aromatic N) is 1. The van der Waals surface area contributed by atoms with E-state index < -0.39 is 18.3 Å². The Morgan fingerprint density at radius 1 is 0.762 bits per heavy atom. The molecule has 1 aliphatic rings. The number of methoxy groups -OCH3 is 3. The van der Waals surface area contributed by atoms with Crippen LogP contribution < -0.4 is 35.4 Å². The van der Waals surface area contributed by atoms with Crippen LogP contribution in [-0.2, 0) is 4.79 Å². The van der Waals surface area contributed by atoms with Crippen molar-refractivity contribution in [2.75, 3.05) is 27.5 Å². The van der Waals surface area contributed by atoms with Crippen LogP contribution in [0.15, 0.2) is 72.8 Å². The summed E-state index contributed by atoms with van der Waals surface area (Å²) in [4.78, 5) is 13.3. The number of rotatable bonds is 11. The van der Waals surface area contributed by atoms with Gasteiger partial charge in [-0.1, -0.05) is 0 Å². The van der Waals surface area contributed by atoms with Gasteiger partial charge in [0.1, 0.15) is 40.4 Å². The highest BCUT2D eigenvalue weighted by molar-refractivity contribution is 7.95. The molecule has 1 fully saturated rings. The topological polar surface area (TPSA) is 80.3 Å². The fraction of sp³-hybridized carbons (Fsp3) is 0.441. The van der Waals surface area contributed by atoms with Crippen molar-refractivity contribution < 1.29 is 24.2 Å². The number of carbonyl (C=O) groups is 1. The zero-order valence-electron chi connectivity index (χ0n) is 26.0. The highest BCUT2D eigenvalue weighted by Gasteiger charge is 2.47. The van der Waals surface area contributed by atoms with Crippen molar-refractivity contribution in [1.82, 2.24) is 10.4 Å². The molecule has 42 heavy (non-hydrogen) atoms. The Morgan fingerprint density at radius 3 is 1.45 bits per heavy atom. The summed E-state index contributed by atoms with van der Waals surface area (Å²) in [6.07, 6.45) is 3.34. The fourth-order valence-electron chi connectivity index (χ4n) is 6.49. The lowest BCUT2D eigenvalue weighted by Crippen LogP contribution is -2.62. The predicted molar refractivity (Wildman–Crippen MR) is 172 cm³/mol. The Hall–Kier alpha value is -3.12. The molecule has 0 unspecified atom stereocenters. The monoisotopic (exact) mass is 593 g/mol. The summed E-state index contributed by atoms with van der Waals surface area (Å²) in [6, 6.07) is 25.1. The van der Waals surface area contributed by atoms with Gasteiger partial charge in [-0.25, -0.2) is 0 Å². The summed E-state index contributed by atoms with van der Waals surface area (Å²) in [6.45, 7) is 8.07. The summed E-state index contributed by atoms with van der Waals surface area (Å²) < 4.78 is 16.4. The van der Waals surface area contributed by atoms with Gasteiger partial charge >= 0.3 is 0 Å². The smallest absolute Gasteiger partial charge is 0.220 e. The lowest BCUT2D eigenvalue weighted by molar-refractivity contribution is -0.246. The maximum Gasteiger partial charge on any atom is 0.220 e. The summed E-state index contributed by atoms with van der Waals surface area (Å²) in [7, 11) is 2.85. The largest absolute Gasteiger partial charge is 0.497 e. The number of ether oxygens (including phenoxy) is 3. The number of hydrogen-bond acceptors (Lipinski definition) is 6. The van der Waals surface area contributed by atoms with E-state index in [9.17, 15) is 10.0 Å². The number of hydrogen-bond donors (Lipinski definition) is 2. The predicted octanol–water partition coefficient (Wildman–Crippen LogP) is 5.31. The van der Waals surface area contributed by atoms with Crippen LogP contribution in [0.4, 0.5) is 0 Å². The molecule has 0 bridgehead atoms. The van der Waals surface area contributed by atoms with E-state index in [2.05, 4.69) is 41.7 Å². The molecule has 226 valence electrons. The molecule has 0 radical (unpaired) electrons. The maximum atomic E-state index is 13.3. The molecule has 2 N–H and O–H groups in total. The van der Waals surface area contributed by atoms with E-state index in [1.807, 2.05) is 64.1 Å². The summed E-state index contributed by atoms with van der Waals surface area (Å²) >= 11 is 0. The molecule has 0 aliphatic carbocycles. The summed E-state index contributed by atoms with van der Waals surface area (Å²) in [5.74, 6) is 2.47. The Kier molecular flexibility index (Phi) is 9.87. The van der Waals surface area contributed by atoms with Crippen LogP contribution in [0.5, 0.6) is 17.2 Å². The van der Waals surface area contributed by atoms with Crippen LogP contribution in [0.1, 0.15) is 53.4 Å². The standard InChI is InChI=1S/C34H45N2O5P/c1-33(2)23-25(24-34(3,4)36(33)38)35-32(37)9-8-22-42(29-16-10-26(39-5)11-17-29,30-18-12-27(40-6)13-19-30)31-20-14-28(41-7)15-21-31/h10-21,25,38H,8-9,22-24H2,1-7H3/p+1. The van der Waals surface area contributed by atoms with E-state index in [4.69, 9.17) is 14.2 Å². The van der Waals surface area contributed by atoms with Gasteiger partial charge in [0.05, 0.1) is 27.5 Å². The van der Waals surface area contributed by atoms with E-state index in [0.29, 0.717) is 19.3 Å². The molecule has 0 atom stereocenters. The Balaban J connectivity index is 1.65. The normalized spacial score (nSPS) is 17.0. The quantitative estimate of drug-likeness (QED) is 0.293. The molecule has 4 rings (SSSR count). The zero-order chi connectivity index (χ0) is 30.5. The van der Waals surface area contributed by atoms with Gasteiger partial charge in [-0.15, -0.1) is 0 Å². The molecule has 0 saturated carbocycles. The van der Waals surface area contributed by atoms with Gasteiger partial charge in [0.15, 0.2) is 0 Å². The summed E-state index contributed by atoms with van der Waals surface area (Å²) in [5.41, 5.74) is -0.838. The number of hydroxylamine groups is 2. The van der Waals surface area contributed by atoms with Gasteiger partial charge < -0.3 is 24.7 Å². The lowest BCUT2D eigenvalue weighted by Gasteiger charge is -2.51. The number of piperidine rings is 1. The van der Waals surface area contributed by atoms with E-state index in [-0.39, 0.29) is 11.9 Å². The summed E-state index contributed by atoms with van der Waals surface area (Å²) in [5, 5.41) is 19.1. The molecule has 0 spiro atoms. The molecule has 8 heteroatoms. The fourth-order valence-corrected chi connectivity index (χ4v) is 10.8. The van der Waals surface area contributed by atoms with E-state index in [1.165, 1.54) is 21.0 Å². The van der Waals surface area contributed by atoms with E-state index in [0.717, 1.165) is 29.8 Å². The zero-order valence-corrected chi connectivity index (χ0v) is 26.9. The second kappa shape index (κ2) is 13.0. The first-order valence-corrected chi connectivity index (χ1v) is 16.5.